The maximum atomic E-state index is 12.4. The summed E-state index contributed by atoms with van der Waals surface area (Å²) in [5.74, 6) is -0.180. The smallest absolute Gasteiger partial charge is 0.252 e. The molecule has 0 aromatic carbocycles. The third-order valence-electron chi connectivity index (χ3n) is 3.57. The molecule has 23 heavy (non-hydrogen) atoms. The van der Waals surface area contributed by atoms with Crippen molar-refractivity contribution in [3.05, 3.63) is 17.5 Å². The highest BCUT2D eigenvalue weighted by Gasteiger charge is 2.30. The number of rotatable bonds is 8. The van der Waals surface area contributed by atoms with Gasteiger partial charge in [-0.25, -0.2) is 8.42 Å². The minimum Gasteiger partial charge on any atom is -0.382 e. The monoisotopic (exact) mass is 362 g/mol. The molecule has 2 rings (SSSR count). The van der Waals surface area contributed by atoms with Gasteiger partial charge in [0.2, 0.25) is 5.91 Å². The molecule has 0 atom stereocenters. The molecule has 1 amide bonds. The molecule has 0 aliphatic carbocycles. The first-order valence-corrected chi connectivity index (χ1v) is 9.75. The van der Waals surface area contributed by atoms with E-state index in [2.05, 4.69) is 5.32 Å². The molecule has 0 saturated carbocycles. The Morgan fingerprint density at radius 2 is 2.13 bits per heavy atom. The fourth-order valence-corrected chi connectivity index (χ4v) is 4.97. The van der Waals surface area contributed by atoms with Crippen molar-refractivity contribution in [3.8, 4) is 0 Å². The molecule has 0 spiro atoms. The van der Waals surface area contributed by atoms with Crippen LogP contribution in [0.1, 0.15) is 12.8 Å². The molecule has 7 nitrogen and oxygen atoms in total. The first kappa shape index (κ1) is 18.3. The van der Waals surface area contributed by atoms with Crippen molar-refractivity contribution in [1.82, 2.24) is 9.62 Å². The Balaban J connectivity index is 1.75. The van der Waals surface area contributed by atoms with E-state index in [0.717, 1.165) is 0 Å². The van der Waals surface area contributed by atoms with E-state index in [9.17, 15) is 13.2 Å². The summed E-state index contributed by atoms with van der Waals surface area (Å²) in [4.78, 5) is 11.7. The second-order valence-electron chi connectivity index (χ2n) is 5.22. The van der Waals surface area contributed by atoms with Crippen LogP contribution in [0.2, 0.25) is 0 Å². The Bertz CT molecular complexity index is 580. The van der Waals surface area contributed by atoms with Crippen molar-refractivity contribution in [2.45, 2.75) is 23.1 Å². The molecule has 0 radical (unpaired) electrons. The molecule has 130 valence electrons. The lowest BCUT2D eigenvalue weighted by molar-refractivity contribution is -0.127. The zero-order valence-electron chi connectivity index (χ0n) is 13.1. The zero-order chi connectivity index (χ0) is 16.7. The van der Waals surface area contributed by atoms with Crippen LogP contribution in [0.5, 0.6) is 0 Å². The molecule has 0 bridgehead atoms. The van der Waals surface area contributed by atoms with E-state index in [-0.39, 0.29) is 18.6 Å². The lowest BCUT2D eigenvalue weighted by atomic mass is 10.1. The Morgan fingerprint density at radius 1 is 1.39 bits per heavy atom. The molecule has 1 aliphatic rings. The summed E-state index contributed by atoms with van der Waals surface area (Å²) < 4.78 is 36.6. The van der Waals surface area contributed by atoms with Crippen molar-refractivity contribution in [2.75, 3.05) is 40.0 Å². The van der Waals surface area contributed by atoms with Crippen molar-refractivity contribution in [2.24, 2.45) is 0 Å². The summed E-state index contributed by atoms with van der Waals surface area (Å²) in [5, 5.41) is 4.63. The SMILES string of the molecule is COCCOCC(=O)NC1CCN(S(=O)(=O)c2cccs2)CC1. The van der Waals surface area contributed by atoms with Crippen LogP contribution in [0.4, 0.5) is 0 Å². The molecule has 1 aromatic rings. The number of thiophene rings is 1. The lowest BCUT2D eigenvalue weighted by Crippen LogP contribution is -2.47. The van der Waals surface area contributed by atoms with E-state index in [4.69, 9.17) is 9.47 Å². The van der Waals surface area contributed by atoms with Crippen LogP contribution in [-0.2, 0) is 24.3 Å². The number of nitrogens with one attached hydrogen (secondary N) is 1. The Hall–Kier alpha value is -1.00. The molecule has 1 fully saturated rings. The van der Waals surface area contributed by atoms with Gasteiger partial charge in [-0.3, -0.25) is 4.79 Å². The molecule has 1 N–H and O–H groups in total. The molecular formula is C14H22N2O5S2. The van der Waals surface area contributed by atoms with Crippen LogP contribution >= 0.6 is 11.3 Å². The molecule has 2 heterocycles. The van der Waals surface area contributed by atoms with Gasteiger partial charge in [-0.15, -0.1) is 11.3 Å². The maximum Gasteiger partial charge on any atom is 0.252 e. The molecular weight excluding hydrogens is 340 g/mol. The normalized spacial score (nSPS) is 17.3. The predicted octanol–water partition coefficient (Wildman–Crippen LogP) is 0.680. The summed E-state index contributed by atoms with van der Waals surface area (Å²) >= 11 is 1.22. The summed E-state index contributed by atoms with van der Waals surface area (Å²) in [7, 11) is -1.82. The highest BCUT2D eigenvalue weighted by molar-refractivity contribution is 7.91. The Kier molecular flexibility index (Phi) is 6.97. The number of hydrogen-bond donors (Lipinski definition) is 1. The van der Waals surface area contributed by atoms with Crippen LogP contribution in [0, 0.1) is 0 Å². The first-order valence-electron chi connectivity index (χ1n) is 7.43. The number of hydrogen-bond acceptors (Lipinski definition) is 6. The fraction of sp³-hybridized carbons (Fsp3) is 0.643. The lowest BCUT2D eigenvalue weighted by Gasteiger charge is -2.31. The van der Waals surface area contributed by atoms with Gasteiger partial charge in [0.15, 0.2) is 0 Å². The van der Waals surface area contributed by atoms with E-state index in [1.165, 1.54) is 15.6 Å². The van der Waals surface area contributed by atoms with Crippen molar-refractivity contribution in [1.29, 1.82) is 0 Å². The van der Waals surface area contributed by atoms with Crippen LogP contribution in [0.3, 0.4) is 0 Å². The topological polar surface area (TPSA) is 84.9 Å². The minimum absolute atomic E-state index is 0.00291. The van der Waals surface area contributed by atoms with Gasteiger partial charge < -0.3 is 14.8 Å². The van der Waals surface area contributed by atoms with Gasteiger partial charge in [-0.05, 0) is 24.3 Å². The number of piperidine rings is 1. The largest absolute Gasteiger partial charge is 0.382 e. The van der Waals surface area contributed by atoms with E-state index in [1.807, 2.05) is 0 Å². The third-order valence-corrected chi connectivity index (χ3v) is 6.84. The van der Waals surface area contributed by atoms with Crippen LogP contribution < -0.4 is 5.32 Å². The highest BCUT2D eigenvalue weighted by atomic mass is 32.2. The van der Waals surface area contributed by atoms with Crippen LogP contribution in [-0.4, -0.2) is 64.7 Å². The van der Waals surface area contributed by atoms with E-state index in [1.54, 1.807) is 24.6 Å². The Morgan fingerprint density at radius 3 is 2.74 bits per heavy atom. The Labute approximate surface area is 140 Å². The van der Waals surface area contributed by atoms with Gasteiger partial charge >= 0.3 is 0 Å². The molecule has 9 heteroatoms. The number of ether oxygens (including phenoxy) is 2. The second-order valence-corrected chi connectivity index (χ2v) is 8.34. The van der Waals surface area contributed by atoms with Gasteiger partial charge in [0, 0.05) is 26.2 Å². The summed E-state index contributed by atoms with van der Waals surface area (Å²) in [6.07, 6.45) is 1.21. The summed E-state index contributed by atoms with van der Waals surface area (Å²) in [5.41, 5.74) is 0. The minimum atomic E-state index is -3.39. The van der Waals surface area contributed by atoms with Gasteiger partial charge in [0.25, 0.3) is 10.0 Å². The van der Waals surface area contributed by atoms with Crippen LogP contribution in [0.25, 0.3) is 0 Å². The average Bonchev–Trinajstić information content (AvgIpc) is 3.07. The van der Waals surface area contributed by atoms with Gasteiger partial charge in [0.1, 0.15) is 10.8 Å². The van der Waals surface area contributed by atoms with E-state index < -0.39 is 10.0 Å². The van der Waals surface area contributed by atoms with Gasteiger partial charge in [-0.2, -0.15) is 4.31 Å². The number of methoxy groups -OCH3 is 1. The van der Waals surface area contributed by atoms with E-state index in [0.29, 0.717) is 43.4 Å². The summed E-state index contributed by atoms with van der Waals surface area (Å²) in [6.45, 7) is 1.65. The highest BCUT2D eigenvalue weighted by Crippen LogP contribution is 2.24. The number of nitrogens with zero attached hydrogens (tertiary/aromatic N) is 1. The number of sulfonamides is 1. The first-order chi connectivity index (χ1) is 11.0. The van der Waals surface area contributed by atoms with Crippen molar-refractivity contribution in [3.63, 3.8) is 0 Å². The predicted molar refractivity (Wildman–Crippen MR) is 86.9 cm³/mol. The van der Waals surface area contributed by atoms with Crippen molar-refractivity contribution < 1.29 is 22.7 Å². The van der Waals surface area contributed by atoms with Gasteiger partial charge in [0.05, 0.1) is 13.2 Å². The second kappa shape index (κ2) is 8.74. The zero-order valence-corrected chi connectivity index (χ0v) is 14.7. The quantitative estimate of drug-likeness (QED) is 0.688. The molecule has 1 aromatic heterocycles. The molecule has 0 unspecified atom stereocenters. The van der Waals surface area contributed by atoms with E-state index >= 15 is 0 Å². The third kappa shape index (κ3) is 5.25. The van der Waals surface area contributed by atoms with Gasteiger partial charge in [-0.1, -0.05) is 6.07 Å². The molecule has 1 saturated heterocycles. The fourth-order valence-electron chi connectivity index (χ4n) is 2.35. The average molecular weight is 362 g/mol. The maximum absolute atomic E-state index is 12.4. The number of carbonyl (C=O) groups is 1. The standard InChI is InChI=1S/C14H22N2O5S2/c1-20-8-9-21-11-13(17)15-12-4-6-16(7-5-12)23(18,19)14-3-2-10-22-14/h2-3,10,12H,4-9,11H2,1H3,(H,15,17). The number of amides is 1. The summed E-state index contributed by atoms with van der Waals surface area (Å²) in [6, 6.07) is 3.34. The number of carbonyl (C=O) groups excluding carboxylic acids is 1. The molecule has 1 aliphatic heterocycles. The van der Waals surface area contributed by atoms with Crippen LogP contribution in [0.15, 0.2) is 21.7 Å². The van der Waals surface area contributed by atoms with Crippen molar-refractivity contribution >= 4 is 27.3 Å².